The lowest BCUT2D eigenvalue weighted by Gasteiger charge is -2.15. The van der Waals surface area contributed by atoms with Crippen molar-refractivity contribution < 1.29 is 4.79 Å². The standard InChI is InChI=1S/C14H16N6OS2/c1-8-6-16-13(23-8)20-12(21)5-9-7-22-14(17-9)19-11-4-2-3-10(15)18-11/h2-3,6-7,11H,4-5H2,1H3,(H2,15,18)(H,17,19)(H,16,20,21). The Morgan fingerprint density at radius 2 is 2.35 bits per heavy atom. The molecule has 120 valence electrons. The molecule has 1 amide bonds. The molecule has 0 spiro atoms. The number of anilines is 2. The van der Waals surface area contributed by atoms with Gasteiger partial charge in [-0.2, -0.15) is 0 Å². The zero-order valence-corrected chi connectivity index (χ0v) is 14.1. The molecule has 3 rings (SSSR count). The number of aryl methyl sites for hydroxylation is 1. The number of amidine groups is 1. The number of nitrogens with two attached hydrogens (primary N) is 1. The van der Waals surface area contributed by atoms with Crippen LogP contribution in [0.3, 0.4) is 0 Å². The SMILES string of the molecule is Cc1cnc(NC(=O)Cc2csc(NC3CC=CC(N)=N3)n2)s1. The molecule has 1 aliphatic heterocycles. The number of carbonyl (C=O) groups is 1. The van der Waals surface area contributed by atoms with Crippen LogP contribution in [0.25, 0.3) is 0 Å². The van der Waals surface area contributed by atoms with Crippen molar-refractivity contribution in [3.63, 3.8) is 0 Å². The van der Waals surface area contributed by atoms with Crippen LogP contribution in [-0.2, 0) is 11.2 Å². The highest BCUT2D eigenvalue weighted by atomic mass is 32.1. The summed E-state index contributed by atoms with van der Waals surface area (Å²) in [4.78, 5) is 25.8. The number of thiazole rings is 2. The molecule has 1 unspecified atom stereocenters. The Bertz CT molecular complexity index is 763. The largest absolute Gasteiger partial charge is 0.384 e. The van der Waals surface area contributed by atoms with Crippen molar-refractivity contribution in [3.8, 4) is 0 Å². The molecule has 2 aromatic rings. The molecule has 1 aliphatic rings. The van der Waals surface area contributed by atoms with E-state index in [1.807, 2.05) is 18.4 Å². The summed E-state index contributed by atoms with van der Waals surface area (Å²) in [6.07, 6.45) is 6.36. The average molecular weight is 348 g/mol. The van der Waals surface area contributed by atoms with E-state index in [-0.39, 0.29) is 18.5 Å². The number of hydrogen-bond donors (Lipinski definition) is 3. The van der Waals surface area contributed by atoms with E-state index in [2.05, 4.69) is 25.6 Å². The summed E-state index contributed by atoms with van der Waals surface area (Å²) in [5.41, 5.74) is 6.39. The monoisotopic (exact) mass is 348 g/mol. The fraction of sp³-hybridized carbons (Fsp3) is 0.286. The highest BCUT2D eigenvalue weighted by molar-refractivity contribution is 7.15. The zero-order valence-electron chi connectivity index (χ0n) is 12.4. The van der Waals surface area contributed by atoms with Crippen LogP contribution >= 0.6 is 22.7 Å². The number of nitrogens with zero attached hydrogens (tertiary/aromatic N) is 3. The molecule has 0 radical (unpaired) electrons. The van der Waals surface area contributed by atoms with E-state index in [4.69, 9.17) is 5.73 Å². The summed E-state index contributed by atoms with van der Waals surface area (Å²) in [7, 11) is 0. The van der Waals surface area contributed by atoms with Crippen molar-refractivity contribution in [2.45, 2.75) is 25.9 Å². The van der Waals surface area contributed by atoms with Crippen molar-refractivity contribution in [2.75, 3.05) is 10.6 Å². The number of carbonyl (C=O) groups excluding carboxylic acids is 1. The molecule has 2 aromatic heterocycles. The van der Waals surface area contributed by atoms with Gasteiger partial charge in [-0.25, -0.2) is 15.0 Å². The Kier molecular flexibility index (Phi) is 4.68. The predicted octanol–water partition coefficient (Wildman–Crippen LogP) is 2.14. The van der Waals surface area contributed by atoms with Gasteiger partial charge in [0, 0.05) is 22.9 Å². The fourth-order valence-corrected chi connectivity index (χ4v) is 3.46. The van der Waals surface area contributed by atoms with Gasteiger partial charge in [0.1, 0.15) is 12.0 Å². The van der Waals surface area contributed by atoms with E-state index in [9.17, 15) is 4.79 Å². The lowest BCUT2D eigenvalue weighted by Crippen LogP contribution is -2.24. The van der Waals surface area contributed by atoms with Gasteiger partial charge in [0.05, 0.1) is 12.1 Å². The molecule has 7 nitrogen and oxygen atoms in total. The molecule has 0 bridgehead atoms. The first kappa shape index (κ1) is 15.6. The Morgan fingerprint density at radius 3 is 3.09 bits per heavy atom. The first-order valence-corrected chi connectivity index (χ1v) is 8.71. The van der Waals surface area contributed by atoms with Crippen molar-refractivity contribution >= 4 is 44.7 Å². The van der Waals surface area contributed by atoms with Gasteiger partial charge >= 0.3 is 0 Å². The number of dihydropyridines is 1. The minimum absolute atomic E-state index is 0.105. The molecule has 0 saturated carbocycles. The lowest BCUT2D eigenvalue weighted by molar-refractivity contribution is -0.115. The van der Waals surface area contributed by atoms with Gasteiger partial charge in [-0.05, 0) is 13.0 Å². The Balaban J connectivity index is 1.54. The smallest absolute Gasteiger partial charge is 0.232 e. The van der Waals surface area contributed by atoms with Gasteiger partial charge in [-0.15, -0.1) is 22.7 Å². The number of nitrogens with one attached hydrogen (secondary N) is 2. The molecule has 1 atom stereocenters. The third kappa shape index (κ3) is 4.36. The summed E-state index contributed by atoms with van der Waals surface area (Å²) in [5, 5.41) is 9.18. The number of rotatable bonds is 5. The summed E-state index contributed by atoms with van der Waals surface area (Å²) in [6, 6.07) is 0. The Hall–Kier alpha value is -2.26. The number of amides is 1. The molecule has 23 heavy (non-hydrogen) atoms. The van der Waals surface area contributed by atoms with E-state index >= 15 is 0 Å². The van der Waals surface area contributed by atoms with E-state index < -0.39 is 0 Å². The zero-order chi connectivity index (χ0) is 16.2. The van der Waals surface area contributed by atoms with Crippen molar-refractivity contribution in [3.05, 3.63) is 34.3 Å². The summed E-state index contributed by atoms with van der Waals surface area (Å²) < 4.78 is 0. The van der Waals surface area contributed by atoms with Gasteiger partial charge in [0.15, 0.2) is 10.3 Å². The highest BCUT2D eigenvalue weighted by Crippen LogP contribution is 2.20. The Morgan fingerprint density at radius 1 is 1.48 bits per heavy atom. The third-order valence-electron chi connectivity index (χ3n) is 3.00. The van der Waals surface area contributed by atoms with Crippen LogP contribution in [0.5, 0.6) is 0 Å². The number of aliphatic imine (C=N–C) groups is 1. The van der Waals surface area contributed by atoms with Crippen molar-refractivity contribution in [1.82, 2.24) is 9.97 Å². The Labute approximate surface area is 141 Å². The van der Waals surface area contributed by atoms with Gasteiger partial charge < -0.3 is 16.4 Å². The van der Waals surface area contributed by atoms with Crippen LogP contribution < -0.4 is 16.4 Å². The summed E-state index contributed by atoms with van der Waals surface area (Å²) >= 11 is 2.90. The topological polar surface area (TPSA) is 105 Å². The molecule has 0 saturated heterocycles. The normalized spacial score (nSPS) is 16.9. The van der Waals surface area contributed by atoms with Crippen LogP contribution in [0, 0.1) is 6.92 Å². The summed E-state index contributed by atoms with van der Waals surface area (Å²) in [6.45, 7) is 1.95. The second kappa shape index (κ2) is 6.88. The molecule has 0 aromatic carbocycles. The van der Waals surface area contributed by atoms with Crippen molar-refractivity contribution in [2.24, 2.45) is 10.7 Å². The quantitative estimate of drug-likeness (QED) is 0.768. The van der Waals surface area contributed by atoms with Gasteiger partial charge in [0.25, 0.3) is 0 Å². The fourth-order valence-electron chi connectivity index (χ4n) is 2.02. The maximum atomic E-state index is 12.0. The van der Waals surface area contributed by atoms with Crippen LogP contribution in [0.2, 0.25) is 0 Å². The average Bonchev–Trinajstić information content (AvgIpc) is 3.08. The van der Waals surface area contributed by atoms with Crippen LogP contribution in [0.15, 0.2) is 28.7 Å². The molecule has 3 heterocycles. The number of aromatic nitrogens is 2. The van der Waals surface area contributed by atoms with Gasteiger partial charge in [0.2, 0.25) is 5.91 Å². The molecule has 9 heteroatoms. The van der Waals surface area contributed by atoms with Crippen LogP contribution in [0.1, 0.15) is 17.0 Å². The molecular formula is C14H16N6OS2. The maximum absolute atomic E-state index is 12.0. The van der Waals surface area contributed by atoms with E-state index in [0.717, 1.165) is 16.4 Å². The molecular weight excluding hydrogens is 332 g/mol. The van der Waals surface area contributed by atoms with Crippen LogP contribution in [-0.4, -0.2) is 27.9 Å². The van der Waals surface area contributed by atoms with E-state index in [1.165, 1.54) is 22.7 Å². The van der Waals surface area contributed by atoms with Gasteiger partial charge in [-0.1, -0.05) is 6.08 Å². The minimum atomic E-state index is -0.126. The van der Waals surface area contributed by atoms with Crippen molar-refractivity contribution in [1.29, 1.82) is 0 Å². The molecule has 0 aliphatic carbocycles. The first-order chi connectivity index (χ1) is 11.1. The predicted molar refractivity (Wildman–Crippen MR) is 94.1 cm³/mol. The summed E-state index contributed by atoms with van der Waals surface area (Å²) in [5.74, 6) is 0.378. The van der Waals surface area contributed by atoms with E-state index in [0.29, 0.717) is 16.7 Å². The van der Waals surface area contributed by atoms with E-state index in [1.54, 1.807) is 12.3 Å². The van der Waals surface area contributed by atoms with Gasteiger partial charge in [-0.3, -0.25) is 4.79 Å². The highest BCUT2D eigenvalue weighted by Gasteiger charge is 2.13. The lowest BCUT2D eigenvalue weighted by atomic mass is 10.2. The molecule has 4 N–H and O–H groups in total. The second-order valence-corrected chi connectivity index (χ2v) is 7.09. The molecule has 0 fully saturated rings. The third-order valence-corrected chi connectivity index (χ3v) is 4.65. The minimum Gasteiger partial charge on any atom is -0.384 e. The number of hydrogen-bond acceptors (Lipinski definition) is 8. The van der Waals surface area contributed by atoms with Crippen LogP contribution in [0.4, 0.5) is 10.3 Å². The maximum Gasteiger partial charge on any atom is 0.232 e. The first-order valence-electron chi connectivity index (χ1n) is 7.01. The second-order valence-electron chi connectivity index (χ2n) is 5.00.